The molecule has 2 rings (SSSR count). The molecule has 1 aromatic carbocycles. The highest BCUT2D eigenvalue weighted by Crippen LogP contribution is 2.25. The molecule has 70 valence electrons. The van der Waals surface area contributed by atoms with E-state index >= 15 is 0 Å². The molecule has 1 amide bonds. The summed E-state index contributed by atoms with van der Waals surface area (Å²) >= 11 is 1.64. The number of rotatable bonds is 2. The number of primary amides is 1. The van der Waals surface area contributed by atoms with Crippen LogP contribution in [-0.4, -0.2) is 5.91 Å². The van der Waals surface area contributed by atoms with Gasteiger partial charge in [0.05, 0.1) is 0 Å². The van der Waals surface area contributed by atoms with E-state index in [4.69, 9.17) is 5.73 Å². The van der Waals surface area contributed by atoms with Crippen molar-refractivity contribution in [3.8, 4) is 0 Å². The van der Waals surface area contributed by atoms with Crippen LogP contribution in [-0.2, 0) is 4.79 Å². The Hall–Kier alpha value is -1.61. The van der Waals surface area contributed by atoms with E-state index in [0.717, 1.165) is 4.88 Å². The summed E-state index contributed by atoms with van der Waals surface area (Å²) in [5.74, 6) is -0.414. The standard InChI is InChI=1S/C11H9NOS/c12-11(13)6-5-9-7-8-3-1-2-4-10(8)14-9/h1-7H,(H2,12,13)/b6-5-. The minimum atomic E-state index is -0.414. The molecule has 0 aliphatic rings. The summed E-state index contributed by atoms with van der Waals surface area (Å²) in [7, 11) is 0. The third-order valence-electron chi connectivity index (χ3n) is 1.86. The van der Waals surface area contributed by atoms with Gasteiger partial charge in [0.1, 0.15) is 0 Å². The molecule has 0 aliphatic heterocycles. The van der Waals surface area contributed by atoms with E-state index in [0.29, 0.717) is 0 Å². The second-order valence-electron chi connectivity index (χ2n) is 2.92. The molecule has 0 fully saturated rings. The number of nitrogens with two attached hydrogens (primary N) is 1. The van der Waals surface area contributed by atoms with Crippen LogP contribution in [0.3, 0.4) is 0 Å². The van der Waals surface area contributed by atoms with E-state index in [1.807, 2.05) is 24.3 Å². The van der Waals surface area contributed by atoms with Crippen LogP contribution in [0.2, 0.25) is 0 Å². The van der Waals surface area contributed by atoms with Crippen molar-refractivity contribution in [2.75, 3.05) is 0 Å². The van der Waals surface area contributed by atoms with Crippen molar-refractivity contribution in [2.45, 2.75) is 0 Å². The van der Waals surface area contributed by atoms with Crippen LogP contribution in [0.4, 0.5) is 0 Å². The lowest BCUT2D eigenvalue weighted by Gasteiger charge is -1.82. The van der Waals surface area contributed by atoms with E-state index in [1.165, 1.54) is 16.2 Å². The fourth-order valence-electron chi connectivity index (χ4n) is 1.25. The Morgan fingerprint density at radius 1 is 1.36 bits per heavy atom. The van der Waals surface area contributed by atoms with Crippen molar-refractivity contribution in [3.05, 3.63) is 41.3 Å². The Labute approximate surface area is 85.7 Å². The Morgan fingerprint density at radius 2 is 2.14 bits per heavy atom. The highest BCUT2D eigenvalue weighted by atomic mass is 32.1. The van der Waals surface area contributed by atoms with Crippen molar-refractivity contribution in [1.29, 1.82) is 0 Å². The van der Waals surface area contributed by atoms with E-state index in [2.05, 4.69) is 6.07 Å². The zero-order chi connectivity index (χ0) is 9.97. The van der Waals surface area contributed by atoms with Crippen LogP contribution in [0, 0.1) is 0 Å². The predicted molar refractivity (Wildman–Crippen MR) is 60.1 cm³/mol. The summed E-state index contributed by atoms with van der Waals surface area (Å²) < 4.78 is 1.22. The fraction of sp³-hybridized carbons (Fsp3) is 0. The quantitative estimate of drug-likeness (QED) is 0.748. The second-order valence-corrected chi connectivity index (χ2v) is 4.04. The number of amides is 1. The first-order valence-corrected chi connectivity index (χ1v) is 5.03. The highest BCUT2D eigenvalue weighted by molar-refractivity contribution is 7.19. The van der Waals surface area contributed by atoms with Gasteiger partial charge in [0.15, 0.2) is 0 Å². The largest absolute Gasteiger partial charge is 0.366 e. The molecule has 0 atom stereocenters. The van der Waals surface area contributed by atoms with Gasteiger partial charge in [0.2, 0.25) is 5.91 Å². The number of fused-ring (bicyclic) bond motifs is 1. The SMILES string of the molecule is NC(=O)/C=C\c1cc2ccccc2s1. The second kappa shape index (κ2) is 3.64. The normalized spacial score (nSPS) is 11.1. The van der Waals surface area contributed by atoms with Crippen LogP contribution in [0.15, 0.2) is 36.4 Å². The van der Waals surface area contributed by atoms with Crippen molar-refractivity contribution in [1.82, 2.24) is 0 Å². The molecule has 0 aliphatic carbocycles. The third kappa shape index (κ3) is 1.83. The van der Waals surface area contributed by atoms with Gasteiger partial charge in [-0.15, -0.1) is 11.3 Å². The Kier molecular flexibility index (Phi) is 2.33. The number of benzene rings is 1. The van der Waals surface area contributed by atoms with Crippen LogP contribution in [0.25, 0.3) is 16.2 Å². The van der Waals surface area contributed by atoms with E-state index in [9.17, 15) is 4.79 Å². The van der Waals surface area contributed by atoms with Crippen LogP contribution in [0.5, 0.6) is 0 Å². The molecular weight excluding hydrogens is 194 g/mol. The number of hydrogen-bond acceptors (Lipinski definition) is 2. The maximum absolute atomic E-state index is 10.5. The smallest absolute Gasteiger partial charge is 0.241 e. The van der Waals surface area contributed by atoms with Gasteiger partial charge in [0.25, 0.3) is 0 Å². The van der Waals surface area contributed by atoms with E-state index in [-0.39, 0.29) is 0 Å². The molecule has 0 unspecified atom stereocenters. The molecule has 0 bridgehead atoms. The lowest BCUT2D eigenvalue weighted by molar-refractivity contribution is -0.113. The molecule has 0 saturated carbocycles. The summed E-state index contributed by atoms with van der Waals surface area (Å²) in [6, 6.07) is 10.1. The van der Waals surface area contributed by atoms with Crippen molar-refractivity contribution < 1.29 is 4.79 Å². The van der Waals surface area contributed by atoms with E-state index in [1.54, 1.807) is 17.4 Å². The van der Waals surface area contributed by atoms with Gasteiger partial charge in [-0.1, -0.05) is 18.2 Å². The number of carbonyl (C=O) groups excluding carboxylic acids is 1. The first-order valence-electron chi connectivity index (χ1n) is 4.22. The number of hydrogen-bond donors (Lipinski definition) is 1. The average Bonchev–Trinajstić information content (AvgIpc) is 2.57. The molecule has 3 heteroatoms. The van der Waals surface area contributed by atoms with Crippen molar-refractivity contribution in [2.24, 2.45) is 5.73 Å². The molecule has 14 heavy (non-hydrogen) atoms. The van der Waals surface area contributed by atoms with Gasteiger partial charge in [-0.25, -0.2) is 0 Å². The van der Waals surface area contributed by atoms with Crippen LogP contribution in [0.1, 0.15) is 4.88 Å². The zero-order valence-electron chi connectivity index (χ0n) is 7.44. The average molecular weight is 203 g/mol. The maximum Gasteiger partial charge on any atom is 0.241 e. The summed E-state index contributed by atoms with van der Waals surface area (Å²) in [6.07, 6.45) is 3.12. The fourth-order valence-corrected chi connectivity index (χ4v) is 2.22. The van der Waals surface area contributed by atoms with Crippen LogP contribution >= 0.6 is 11.3 Å². The molecule has 2 N–H and O–H groups in total. The Morgan fingerprint density at radius 3 is 2.86 bits per heavy atom. The lowest BCUT2D eigenvalue weighted by Crippen LogP contribution is -2.04. The van der Waals surface area contributed by atoms with Gasteiger partial charge in [-0.05, 0) is 23.6 Å². The van der Waals surface area contributed by atoms with Crippen LogP contribution < -0.4 is 5.73 Å². The van der Waals surface area contributed by atoms with Crippen molar-refractivity contribution >= 4 is 33.4 Å². The lowest BCUT2D eigenvalue weighted by atomic mass is 10.2. The summed E-state index contributed by atoms with van der Waals surface area (Å²) in [6.45, 7) is 0. The molecule has 1 aromatic heterocycles. The predicted octanol–water partition coefficient (Wildman–Crippen LogP) is 2.40. The number of thiophene rings is 1. The minimum absolute atomic E-state index is 0.414. The van der Waals surface area contributed by atoms with Gasteiger partial charge in [0, 0.05) is 15.7 Å². The monoisotopic (exact) mass is 203 g/mol. The Bertz CT molecular complexity index is 466. The first kappa shape index (κ1) is 8.97. The first-order chi connectivity index (χ1) is 6.75. The molecule has 0 saturated heterocycles. The van der Waals surface area contributed by atoms with E-state index < -0.39 is 5.91 Å². The minimum Gasteiger partial charge on any atom is -0.366 e. The zero-order valence-corrected chi connectivity index (χ0v) is 8.25. The number of carbonyl (C=O) groups is 1. The molecule has 1 heterocycles. The summed E-state index contributed by atoms with van der Waals surface area (Å²) in [5, 5.41) is 1.20. The molecule has 2 nitrogen and oxygen atoms in total. The molecule has 0 spiro atoms. The molecule has 0 radical (unpaired) electrons. The molecule has 2 aromatic rings. The van der Waals surface area contributed by atoms with Gasteiger partial charge in [-0.3, -0.25) is 4.79 Å². The van der Waals surface area contributed by atoms with Gasteiger partial charge < -0.3 is 5.73 Å². The van der Waals surface area contributed by atoms with Gasteiger partial charge in [-0.2, -0.15) is 0 Å². The third-order valence-corrected chi connectivity index (χ3v) is 2.94. The summed E-state index contributed by atoms with van der Waals surface area (Å²) in [4.78, 5) is 11.6. The van der Waals surface area contributed by atoms with Crippen molar-refractivity contribution in [3.63, 3.8) is 0 Å². The van der Waals surface area contributed by atoms with Gasteiger partial charge >= 0.3 is 0 Å². The molecular formula is C11H9NOS. The highest BCUT2D eigenvalue weighted by Gasteiger charge is 1.97. The summed E-state index contributed by atoms with van der Waals surface area (Å²) in [5.41, 5.74) is 5.01. The topological polar surface area (TPSA) is 43.1 Å². The Balaban J connectivity index is 2.40. The maximum atomic E-state index is 10.5.